The van der Waals surface area contributed by atoms with E-state index in [9.17, 15) is 0 Å². The van der Waals surface area contributed by atoms with Gasteiger partial charge in [-0.05, 0) is 43.9 Å². The Bertz CT molecular complexity index is 489. The number of rotatable bonds is 4. The molecule has 0 bridgehead atoms. The first kappa shape index (κ1) is 13.5. The zero-order valence-corrected chi connectivity index (χ0v) is 12.4. The molecule has 0 aliphatic heterocycles. The minimum absolute atomic E-state index is 0.126. The Morgan fingerprint density at radius 3 is 2.72 bits per heavy atom. The van der Waals surface area contributed by atoms with Gasteiger partial charge in [0.15, 0.2) is 4.34 Å². The summed E-state index contributed by atoms with van der Waals surface area (Å²) in [6.45, 7) is 7.39. The van der Waals surface area contributed by atoms with E-state index < -0.39 is 0 Å². The fraction of sp³-hybridized carbons (Fsp3) is 0.385. The summed E-state index contributed by atoms with van der Waals surface area (Å²) in [6.07, 6.45) is 1.60. The van der Waals surface area contributed by atoms with Gasteiger partial charge in [0.1, 0.15) is 6.33 Å². The Balaban J connectivity index is 2.10. The van der Waals surface area contributed by atoms with Crippen LogP contribution >= 0.6 is 23.3 Å². The monoisotopic (exact) mass is 279 g/mol. The summed E-state index contributed by atoms with van der Waals surface area (Å²) in [4.78, 5) is 5.45. The zero-order valence-electron chi connectivity index (χ0n) is 10.8. The third-order valence-corrected chi connectivity index (χ3v) is 4.15. The van der Waals surface area contributed by atoms with E-state index in [1.54, 1.807) is 18.1 Å². The fourth-order valence-electron chi connectivity index (χ4n) is 1.41. The Morgan fingerprint density at radius 2 is 2.06 bits per heavy atom. The van der Waals surface area contributed by atoms with Crippen LogP contribution in [0.2, 0.25) is 0 Å². The van der Waals surface area contributed by atoms with Gasteiger partial charge in [-0.1, -0.05) is 30.0 Å². The molecule has 0 amide bonds. The van der Waals surface area contributed by atoms with Gasteiger partial charge in [-0.2, -0.15) is 4.37 Å². The molecule has 0 unspecified atom stereocenters. The maximum atomic E-state index is 4.21. The topological polar surface area (TPSA) is 37.8 Å². The molecule has 1 heterocycles. The summed E-state index contributed by atoms with van der Waals surface area (Å²) in [5, 5.41) is 3.51. The standard InChI is InChI=1S/C13H17N3S2/c1-13(2,3)15-8-10-6-4-5-7-11(10)17-12-14-9-16-18-12/h4-7,9,15H,8H2,1-3H3. The maximum Gasteiger partial charge on any atom is 0.174 e. The van der Waals surface area contributed by atoms with Crippen LogP contribution < -0.4 is 5.32 Å². The van der Waals surface area contributed by atoms with E-state index in [2.05, 4.69) is 59.7 Å². The molecule has 2 aromatic rings. The number of hydrogen-bond donors (Lipinski definition) is 1. The van der Waals surface area contributed by atoms with E-state index >= 15 is 0 Å². The van der Waals surface area contributed by atoms with Crippen LogP contribution in [-0.2, 0) is 6.54 Å². The van der Waals surface area contributed by atoms with Crippen molar-refractivity contribution in [1.82, 2.24) is 14.7 Å². The zero-order chi connectivity index (χ0) is 13.0. The van der Waals surface area contributed by atoms with Crippen molar-refractivity contribution in [1.29, 1.82) is 0 Å². The molecule has 0 aliphatic rings. The summed E-state index contributed by atoms with van der Waals surface area (Å²) in [5.41, 5.74) is 1.42. The van der Waals surface area contributed by atoms with E-state index in [1.807, 2.05) is 0 Å². The van der Waals surface area contributed by atoms with E-state index in [0.29, 0.717) is 0 Å². The van der Waals surface area contributed by atoms with Crippen molar-refractivity contribution >= 4 is 23.3 Å². The number of nitrogens with one attached hydrogen (secondary N) is 1. The van der Waals surface area contributed by atoms with Gasteiger partial charge in [0, 0.05) is 17.0 Å². The predicted molar refractivity (Wildman–Crippen MR) is 77.1 cm³/mol. The first-order valence-corrected chi connectivity index (χ1v) is 7.41. The lowest BCUT2D eigenvalue weighted by molar-refractivity contribution is 0.422. The van der Waals surface area contributed by atoms with Crippen LogP contribution in [0.15, 0.2) is 39.8 Å². The van der Waals surface area contributed by atoms with Gasteiger partial charge in [0.2, 0.25) is 0 Å². The summed E-state index contributed by atoms with van der Waals surface area (Å²) >= 11 is 3.11. The number of benzene rings is 1. The highest BCUT2D eigenvalue weighted by Gasteiger charge is 2.11. The molecule has 5 heteroatoms. The summed E-state index contributed by atoms with van der Waals surface area (Å²) in [6, 6.07) is 8.42. The number of nitrogens with zero attached hydrogens (tertiary/aromatic N) is 2. The van der Waals surface area contributed by atoms with E-state index in [-0.39, 0.29) is 5.54 Å². The number of hydrogen-bond acceptors (Lipinski definition) is 5. The second-order valence-electron chi connectivity index (χ2n) is 5.02. The maximum absolute atomic E-state index is 4.21. The predicted octanol–water partition coefficient (Wildman–Crippen LogP) is 3.58. The third kappa shape index (κ3) is 4.08. The van der Waals surface area contributed by atoms with E-state index in [1.165, 1.54) is 22.0 Å². The molecule has 3 nitrogen and oxygen atoms in total. The van der Waals surface area contributed by atoms with Crippen LogP contribution in [0.25, 0.3) is 0 Å². The molecule has 18 heavy (non-hydrogen) atoms. The molecule has 2 rings (SSSR count). The second kappa shape index (κ2) is 5.82. The van der Waals surface area contributed by atoms with Gasteiger partial charge in [0.05, 0.1) is 0 Å². The van der Waals surface area contributed by atoms with Crippen LogP contribution in [0.3, 0.4) is 0 Å². The average Bonchev–Trinajstić information content (AvgIpc) is 2.80. The molecule has 0 spiro atoms. The van der Waals surface area contributed by atoms with Gasteiger partial charge in [0.25, 0.3) is 0 Å². The fourth-order valence-corrected chi connectivity index (χ4v) is 2.94. The molecule has 1 aromatic heterocycles. The lowest BCUT2D eigenvalue weighted by Crippen LogP contribution is -2.35. The Morgan fingerprint density at radius 1 is 1.28 bits per heavy atom. The Hall–Kier alpha value is -0.910. The van der Waals surface area contributed by atoms with Gasteiger partial charge in [-0.25, -0.2) is 4.98 Å². The first-order valence-electron chi connectivity index (χ1n) is 5.82. The summed E-state index contributed by atoms with van der Waals surface area (Å²) in [7, 11) is 0. The Kier molecular flexibility index (Phi) is 4.37. The van der Waals surface area contributed by atoms with Crippen LogP contribution in [0.4, 0.5) is 0 Å². The highest BCUT2D eigenvalue weighted by atomic mass is 32.2. The molecule has 96 valence electrons. The van der Waals surface area contributed by atoms with Gasteiger partial charge in [-0.15, -0.1) is 0 Å². The van der Waals surface area contributed by atoms with Crippen LogP contribution in [0.5, 0.6) is 0 Å². The summed E-state index contributed by atoms with van der Waals surface area (Å²) < 4.78 is 5.01. The lowest BCUT2D eigenvalue weighted by Gasteiger charge is -2.21. The SMILES string of the molecule is CC(C)(C)NCc1ccccc1Sc1ncns1. The average molecular weight is 279 g/mol. The number of aromatic nitrogens is 2. The largest absolute Gasteiger partial charge is 0.308 e. The molecular formula is C13H17N3S2. The lowest BCUT2D eigenvalue weighted by atomic mass is 10.1. The smallest absolute Gasteiger partial charge is 0.174 e. The van der Waals surface area contributed by atoms with Crippen molar-refractivity contribution < 1.29 is 0 Å². The molecule has 0 atom stereocenters. The van der Waals surface area contributed by atoms with Crippen molar-refractivity contribution in [3.05, 3.63) is 36.2 Å². The Labute approximate surface area is 116 Å². The van der Waals surface area contributed by atoms with Crippen LogP contribution in [0, 0.1) is 0 Å². The second-order valence-corrected chi connectivity index (χ2v) is 7.09. The minimum Gasteiger partial charge on any atom is -0.308 e. The molecule has 0 saturated heterocycles. The van der Waals surface area contributed by atoms with Crippen molar-refractivity contribution in [3.63, 3.8) is 0 Å². The third-order valence-electron chi connectivity index (χ3n) is 2.32. The molecule has 1 aromatic carbocycles. The van der Waals surface area contributed by atoms with E-state index in [0.717, 1.165) is 10.9 Å². The molecule has 0 aliphatic carbocycles. The van der Waals surface area contributed by atoms with Crippen LogP contribution in [0.1, 0.15) is 26.3 Å². The van der Waals surface area contributed by atoms with Crippen molar-refractivity contribution in [2.45, 2.75) is 42.1 Å². The van der Waals surface area contributed by atoms with Gasteiger partial charge in [-0.3, -0.25) is 0 Å². The molecule has 0 saturated carbocycles. The van der Waals surface area contributed by atoms with E-state index in [4.69, 9.17) is 0 Å². The molecule has 0 radical (unpaired) electrons. The minimum atomic E-state index is 0.126. The quantitative estimate of drug-likeness (QED) is 0.928. The van der Waals surface area contributed by atoms with Crippen LogP contribution in [-0.4, -0.2) is 14.9 Å². The molecule has 1 N–H and O–H groups in total. The van der Waals surface area contributed by atoms with Gasteiger partial charge >= 0.3 is 0 Å². The molecule has 0 fully saturated rings. The van der Waals surface area contributed by atoms with Crippen molar-refractivity contribution in [3.8, 4) is 0 Å². The van der Waals surface area contributed by atoms with Gasteiger partial charge < -0.3 is 5.32 Å². The van der Waals surface area contributed by atoms with Crippen molar-refractivity contribution in [2.24, 2.45) is 0 Å². The highest BCUT2D eigenvalue weighted by molar-refractivity contribution is 8.01. The first-order chi connectivity index (χ1) is 8.54. The highest BCUT2D eigenvalue weighted by Crippen LogP contribution is 2.30. The normalized spacial score (nSPS) is 11.7. The summed E-state index contributed by atoms with van der Waals surface area (Å²) in [5.74, 6) is 0. The van der Waals surface area contributed by atoms with Crippen molar-refractivity contribution in [2.75, 3.05) is 0 Å². The molecular weight excluding hydrogens is 262 g/mol.